The lowest BCUT2D eigenvalue weighted by Crippen LogP contribution is -2.39. The van der Waals surface area contributed by atoms with Crippen LogP contribution < -0.4 is 5.32 Å². The van der Waals surface area contributed by atoms with E-state index in [1.54, 1.807) is 0 Å². The predicted molar refractivity (Wildman–Crippen MR) is 104 cm³/mol. The molecule has 4 atom stereocenters. The van der Waals surface area contributed by atoms with Crippen molar-refractivity contribution in [3.8, 4) is 0 Å². The molecule has 11 nitrogen and oxygen atoms in total. The number of imidazole rings is 1. The van der Waals surface area contributed by atoms with Crippen LogP contribution in [0.25, 0.3) is 11.2 Å². The molecular weight excluding hydrogens is 413 g/mol. The van der Waals surface area contributed by atoms with Crippen molar-refractivity contribution < 1.29 is 32.9 Å². The molecule has 2 aromatic heterocycles. The fourth-order valence-electron chi connectivity index (χ4n) is 3.89. The number of hydrogen-bond donors (Lipinski definition) is 1. The molecule has 4 heterocycles. The Labute approximate surface area is 177 Å². The lowest BCUT2D eigenvalue weighted by atomic mass is 10.1. The monoisotopic (exact) mass is 437 g/mol. The molecule has 2 saturated heterocycles. The summed E-state index contributed by atoms with van der Waals surface area (Å²) in [4.78, 5) is 36.2. The summed E-state index contributed by atoms with van der Waals surface area (Å²) < 4.78 is 36.9. The summed E-state index contributed by atoms with van der Waals surface area (Å²) in [7, 11) is 0. The highest BCUT2D eigenvalue weighted by atomic mass is 19.1. The molecule has 0 radical (unpaired) electrons. The van der Waals surface area contributed by atoms with Crippen LogP contribution >= 0.6 is 0 Å². The van der Waals surface area contributed by atoms with Gasteiger partial charge in [-0.3, -0.25) is 14.2 Å². The Morgan fingerprint density at radius 1 is 1.16 bits per heavy atom. The third kappa shape index (κ3) is 4.44. The molecule has 2 aromatic rings. The van der Waals surface area contributed by atoms with E-state index in [1.165, 1.54) is 31.1 Å². The topological polar surface area (TPSA) is 127 Å². The Hall–Kier alpha value is -2.86. The number of nitrogens with zero attached hydrogens (tertiary/aromatic N) is 4. The van der Waals surface area contributed by atoms with Crippen molar-refractivity contribution in [3.05, 3.63) is 12.7 Å². The van der Waals surface area contributed by atoms with E-state index in [-0.39, 0.29) is 6.04 Å². The molecule has 4 rings (SSSR count). The lowest BCUT2D eigenvalue weighted by Gasteiger charge is -2.24. The van der Waals surface area contributed by atoms with Gasteiger partial charge in [0.05, 0.1) is 6.33 Å². The number of aromatic nitrogens is 4. The highest BCUT2D eigenvalue weighted by Gasteiger charge is 2.50. The zero-order valence-corrected chi connectivity index (χ0v) is 17.2. The molecular formula is C19H24FN5O6. The molecule has 0 unspecified atom stereocenters. The first-order chi connectivity index (χ1) is 15.0. The fraction of sp³-hybridized carbons (Fsp3) is 0.632. The Bertz CT molecular complexity index is 949. The molecule has 0 bridgehead atoms. The van der Waals surface area contributed by atoms with Gasteiger partial charge in [0.15, 0.2) is 35.4 Å². The first-order valence-electron chi connectivity index (χ1n) is 10.1. The van der Waals surface area contributed by atoms with Crippen LogP contribution in [0.15, 0.2) is 12.7 Å². The molecule has 0 aliphatic carbocycles. The van der Waals surface area contributed by atoms with Crippen molar-refractivity contribution in [1.29, 1.82) is 0 Å². The molecule has 2 aliphatic heterocycles. The summed E-state index contributed by atoms with van der Waals surface area (Å²) in [5, 5.41) is 3.36. The number of esters is 2. The zero-order valence-electron chi connectivity index (χ0n) is 17.2. The SMILES string of the molecule is CC(=O)O[C@@H]1[C@H](OC(C)=O)[C@@H](CF)O[C@H]1n1cnc2c(NC3CCOCC3)ncnc21. The minimum atomic E-state index is -1.10. The number of anilines is 1. The molecule has 12 heteroatoms. The summed E-state index contributed by atoms with van der Waals surface area (Å²) in [6, 6.07) is 0.192. The van der Waals surface area contributed by atoms with E-state index in [9.17, 15) is 14.0 Å². The molecule has 168 valence electrons. The van der Waals surface area contributed by atoms with E-state index in [0.29, 0.717) is 30.2 Å². The third-order valence-corrected chi connectivity index (χ3v) is 5.24. The van der Waals surface area contributed by atoms with E-state index in [4.69, 9.17) is 18.9 Å². The summed E-state index contributed by atoms with van der Waals surface area (Å²) >= 11 is 0. The normalized spacial score (nSPS) is 26.7. The van der Waals surface area contributed by atoms with E-state index in [1.807, 2.05) is 0 Å². The molecule has 31 heavy (non-hydrogen) atoms. The van der Waals surface area contributed by atoms with Gasteiger partial charge in [-0.1, -0.05) is 0 Å². The van der Waals surface area contributed by atoms with Gasteiger partial charge in [0.2, 0.25) is 0 Å². The van der Waals surface area contributed by atoms with Crippen LogP contribution in [-0.4, -0.2) is 75.7 Å². The maximum atomic E-state index is 13.6. The van der Waals surface area contributed by atoms with Crippen molar-refractivity contribution in [1.82, 2.24) is 19.5 Å². The van der Waals surface area contributed by atoms with Gasteiger partial charge in [0.25, 0.3) is 0 Å². The molecule has 0 saturated carbocycles. The van der Waals surface area contributed by atoms with Gasteiger partial charge >= 0.3 is 11.9 Å². The van der Waals surface area contributed by atoms with E-state index >= 15 is 0 Å². The van der Waals surface area contributed by atoms with Gasteiger partial charge in [0.1, 0.15) is 19.1 Å². The van der Waals surface area contributed by atoms with Gasteiger partial charge < -0.3 is 24.3 Å². The molecule has 2 aliphatic rings. The quantitative estimate of drug-likeness (QED) is 0.658. The number of alkyl halides is 1. The Morgan fingerprint density at radius 2 is 1.87 bits per heavy atom. The number of halogens is 1. The average molecular weight is 437 g/mol. The molecule has 0 spiro atoms. The Balaban J connectivity index is 1.66. The van der Waals surface area contributed by atoms with Crippen molar-refractivity contribution in [2.45, 2.75) is 57.3 Å². The maximum absolute atomic E-state index is 13.6. The van der Waals surface area contributed by atoms with E-state index < -0.39 is 43.2 Å². The standard InChI is InChI=1S/C19H24FN5O6/c1-10(26)29-15-13(7-20)31-19(16(15)30-11(2)27)25-9-23-14-17(21-8-22-18(14)25)24-12-3-5-28-6-4-12/h8-9,12-13,15-16,19H,3-7H2,1-2H3,(H,21,22,24)/t13-,15-,16-,19-/m1/s1. The summed E-state index contributed by atoms with van der Waals surface area (Å²) in [5.74, 6) is -0.696. The predicted octanol–water partition coefficient (Wildman–Crippen LogP) is 1.15. The van der Waals surface area contributed by atoms with Crippen LogP contribution in [0.3, 0.4) is 0 Å². The first kappa shape index (κ1) is 21.4. The third-order valence-electron chi connectivity index (χ3n) is 5.24. The zero-order chi connectivity index (χ0) is 22.0. The highest BCUT2D eigenvalue weighted by molar-refractivity contribution is 5.82. The number of nitrogens with one attached hydrogen (secondary N) is 1. The smallest absolute Gasteiger partial charge is 0.303 e. The van der Waals surface area contributed by atoms with Crippen molar-refractivity contribution in [3.63, 3.8) is 0 Å². The second-order valence-electron chi connectivity index (χ2n) is 7.44. The minimum Gasteiger partial charge on any atom is -0.455 e. The largest absolute Gasteiger partial charge is 0.455 e. The second kappa shape index (κ2) is 9.10. The highest BCUT2D eigenvalue weighted by Crippen LogP contribution is 2.36. The Morgan fingerprint density at radius 3 is 2.55 bits per heavy atom. The summed E-state index contributed by atoms with van der Waals surface area (Å²) in [6.07, 6.45) is 0.276. The summed E-state index contributed by atoms with van der Waals surface area (Å²) in [5.41, 5.74) is 0.902. The van der Waals surface area contributed by atoms with Gasteiger partial charge in [-0.15, -0.1) is 0 Å². The Kier molecular flexibility index (Phi) is 6.28. The van der Waals surface area contributed by atoms with Crippen molar-refractivity contribution in [2.75, 3.05) is 25.2 Å². The van der Waals surface area contributed by atoms with Crippen LogP contribution in [0.5, 0.6) is 0 Å². The first-order valence-corrected chi connectivity index (χ1v) is 10.1. The van der Waals surface area contributed by atoms with Gasteiger partial charge in [-0.25, -0.2) is 19.3 Å². The lowest BCUT2D eigenvalue weighted by molar-refractivity contribution is -0.165. The number of carbonyl (C=O) groups is 2. The number of carbonyl (C=O) groups excluding carboxylic acids is 2. The molecule has 2 fully saturated rings. The van der Waals surface area contributed by atoms with Gasteiger partial charge in [-0.05, 0) is 12.8 Å². The number of hydrogen-bond acceptors (Lipinski definition) is 10. The van der Waals surface area contributed by atoms with Crippen LogP contribution in [-0.2, 0) is 28.5 Å². The fourth-order valence-corrected chi connectivity index (χ4v) is 3.89. The molecule has 0 aromatic carbocycles. The van der Waals surface area contributed by atoms with Gasteiger partial charge in [-0.2, -0.15) is 0 Å². The van der Waals surface area contributed by atoms with Crippen LogP contribution in [0.4, 0.5) is 10.2 Å². The van der Waals surface area contributed by atoms with E-state index in [2.05, 4.69) is 20.3 Å². The molecule has 0 amide bonds. The van der Waals surface area contributed by atoms with Crippen molar-refractivity contribution >= 4 is 28.9 Å². The second-order valence-corrected chi connectivity index (χ2v) is 7.44. The average Bonchev–Trinajstić information content (AvgIpc) is 3.30. The van der Waals surface area contributed by atoms with Crippen LogP contribution in [0.1, 0.15) is 32.9 Å². The minimum absolute atomic E-state index is 0.192. The van der Waals surface area contributed by atoms with Crippen LogP contribution in [0.2, 0.25) is 0 Å². The van der Waals surface area contributed by atoms with Crippen molar-refractivity contribution in [2.24, 2.45) is 0 Å². The van der Waals surface area contributed by atoms with Crippen LogP contribution in [0, 0.1) is 0 Å². The maximum Gasteiger partial charge on any atom is 0.303 e. The number of fused-ring (bicyclic) bond motifs is 1. The van der Waals surface area contributed by atoms with Gasteiger partial charge in [0, 0.05) is 33.1 Å². The van der Waals surface area contributed by atoms with E-state index in [0.717, 1.165) is 12.8 Å². The summed E-state index contributed by atoms with van der Waals surface area (Å²) in [6.45, 7) is 2.83. The number of rotatable bonds is 6. The molecule has 1 N–H and O–H groups in total. The number of ether oxygens (including phenoxy) is 4.